The zero-order valence-electron chi connectivity index (χ0n) is 20.6. The summed E-state index contributed by atoms with van der Waals surface area (Å²) in [6.45, 7) is 4.44. The molecule has 0 bridgehead atoms. The number of halogens is 1. The molecule has 2 N–H and O–H groups in total. The highest BCUT2D eigenvalue weighted by Crippen LogP contribution is 2.41. The van der Waals surface area contributed by atoms with Crippen LogP contribution in [0.1, 0.15) is 41.1 Å². The summed E-state index contributed by atoms with van der Waals surface area (Å²) in [5.41, 5.74) is 4.72. The van der Waals surface area contributed by atoms with Gasteiger partial charge in [0.25, 0.3) is 0 Å². The van der Waals surface area contributed by atoms with Crippen LogP contribution in [0.15, 0.2) is 83.4 Å². The van der Waals surface area contributed by atoms with Crippen molar-refractivity contribution in [1.82, 2.24) is 15.2 Å². The molecular formula is C29H27ClN4O2S. The van der Waals surface area contributed by atoms with Gasteiger partial charge >= 0.3 is 0 Å². The number of carbonyl (C=O) groups is 1. The van der Waals surface area contributed by atoms with Crippen molar-refractivity contribution in [2.24, 2.45) is 0 Å². The third kappa shape index (κ3) is 5.53. The van der Waals surface area contributed by atoms with Crippen LogP contribution in [-0.4, -0.2) is 27.4 Å². The highest BCUT2D eigenvalue weighted by molar-refractivity contribution is 7.80. The SMILES string of the molecule is Cc1cccc(NC(=O)CCN2C(=S)N[C@@H](c3ccccn3)[C@H]2c2ccc(-c3cc(Cl)ccc3C)o2)c1. The molecule has 0 radical (unpaired) electrons. The Morgan fingerprint density at radius 2 is 1.97 bits per heavy atom. The summed E-state index contributed by atoms with van der Waals surface area (Å²) in [6.07, 6.45) is 2.03. The molecule has 0 saturated carbocycles. The number of nitrogens with one attached hydrogen (secondary N) is 2. The Morgan fingerprint density at radius 1 is 1.11 bits per heavy atom. The van der Waals surface area contributed by atoms with Crippen molar-refractivity contribution in [3.63, 3.8) is 0 Å². The van der Waals surface area contributed by atoms with Gasteiger partial charge in [-0.1, -0.05) is 35.9 Å². The average Bonchev–Trinajstić information content (AvgIpc) is 3.49. The van der Waals surface area contributed by atoms with E-state index in [0.717, 1.165) is 39.6 Å². The van der Waals surface area contributed by atoms with E-state index < -0.39 is 0 Å². The van der Waals surface area contributed by atoms with E-state index in [1.807, 2.05) is 91.5 Å². The van der Waals surface area contributed by atoms with Crippen LogP contribution >= 0.6 is 23.8 Å². The van der Waals surface area contributed by atoms with Crippen LogP contribution in [-0.2, 0) is 4.79 Å². The predicted molar refractivity (Wildman–Crippen MR) is 150 cm³/mol. The lowest BCUT2D eigenvalue weighted by Gasteiger charge is -2.26. The fourth-order valence-electron chi connectivity index (χ4n) is 4.64. The van der Waals surface area contributed by atoms with E-state index in [1.165, 1.54) is 0 Å². The van der Waals surface area contributed by atoms with Gasteiger partial charge in [0.1, 0.15) is 17.6 Å². The predicted octanol–water partition coefficient (Wildman–Crippen LogP) is 6.61. The van der Waals surface area contributed by atoms with E-state index in [2.05, 4.69) is 15.6 Å². The monoisotopic (exact) mass is 530 g/mol. The number of hydrogen-bond acceptors (Lipinski definition) is 4. The van der Waals surface area contributed by atoms with E-state index in [9.17, 15) is 4.79 Å². The van der Waals surface area contributed by atoms with Gasteiger partial charge in [-0.2, -0.15) is 0 Å². The quantitative estimate of drug-likeness (QED) is 0.262. The molecule has 0 spiro atoms. The molecule has 8 heteroatoms. The average molecular weight is 531 g/mol. The summed E-state index contributed by atoms with van der Waals surface area (Å²) >= 11 is 12.0. The summed E-state index contributed by atoms with van der Waals surface area (Å²) in [5, 5.41) is 7.58. The van der Waals surface area contributed by atoms with Crippen LogP contribution in [0.4, 0.5) is 5.69 Å². The normalized spacial score (nSPS) is 17.1. The summed E-state index contributed by atoms with van der Waals surface area (Å²) in [4.78, 5) is 19.4. The maximum Gasteiger partial charge on any atom is 0.226 e. The van der Waals surface area contributed by atoms with E-state index in [4.69, 9.17) is 28.2 Å². The number of amides is 1. The Morgan fingerprint density at radius 3 is 2.76 bits per heavy atom. The number of anilines is 1. The van der Waals surface area contributed by atoms with E-state index >= 15 is 0 Å². The molecule has 2 aromatic heterocycles. The number of aromatic nitrogens is 1. The second-order valence-electron chi connectivity index (χ2n) is 9.15. The van der Waals surface area contributed by atoms with E-state index in [-0.39, 0.29) is 24.4 Å². The molecular weight excluding hydrogens is 504 g/mol. The smallest absolute Gasteiger partial charge is 0.226 e. The molecule has 4 aromatic rings. The Labute approximate surface area is 226 Å². The Hall–Kier alpha value is -3.68. The van der Waals surface area contributed by atoms with Gasteiger partial charge in [-0.3, -0.25) is 9.78 Å². The molecule has 1 fully saturated rings. The van der Waals surface area contributed by atoms with Gasteiger partial charge in [0.15, 0.2) is 5.11 Å². The molecule has 1 aliphatic heterocycles. The molecule has 2 aromatic carbocycles. The largest absolute Gasteiger partial charge is 0.459 e. The molecule has 2 atom stereocenters. The van der Waals surface area contributed by atoms with Crippen molar-refractivity contribution < 1.29 is 9.21 Å². The lowest BCUT2D eigenvalue weighted by atomic mass is 10.0. The molecule has 1 saturated heterocycles. The second kappa shape index (κ2) is 10.7. The van der Waals surface area contributed by atoms with Crippen molar-refractivity contribution in [2.75, 3.05) is 11.9 Å². The standard InChI is InChI=1S/C29H27ClN4O2S/c1-18-6-5-7-21(16-18)32-26(35)13-15-34-28(27(33-29(34)37)23-8-3-4-14-31-23)25-12-11-24(36-25)22-17-20(30)10-9-19(22)2/h3-12,14,16-17,27-28H,13,15H2,1-2H3,(H,32,35)(H,33,37)/t27-,28+/m0/s1. The van der Waals surface area contributed by atoms with Crippen LogP contribution in [0.25, 0.3) is 11.3 Å². The Bertz CT molecular complexity index is 1440. The number of rotatable bonds is 7. The maximum atomic E-state index is 12.8. The summed E-state index contributed by atoms with van der Waals surface area (Å²) < 4.78 is 6.41. The van der Waals surface area contributed by atoms with Crippen LogP contribution in [0, 0.1) is 13.8 Å². The number of thiocarbonyl (C=S) groups is 1. The highest BCUT2D eigenvalue weighted by atomic mass is 35.5. The van der Waals surface area contributed by atoms with Gasteiger partial charge in [-0.15, -0.1) is 0 Å². The molecule has 6 nitrogen and oxygen atoms in total. The Kier molecular flexibility index (Phi) is 7.26. The maximum absolute atomic E-state index is 12.8. The van der Waals surface area contributed by atoms with Gasteiger partial charge in [-0.25, -0.2) is 0 Å². The number of carbonyl (C=O) groups excluding carboxylic acids is 1. The summed E-state index contributed by atoms with van der Waals surface area (Å²) in [6, 6.07) is 22.7. The number of aryl methyl sites for hydroxylation is 2. The number of pyridine rings is 1. The minimum absolute atomic E-state index is 0.0804. The molecule has 5 rings (SSSR count). The number of furan rings is 1. The fourth-order valence-corrected chi connectivity index (χ4v) is 5.14. The number of nitrogens with zero attached hydrogens (tertiary/aromatic N) is 2. The van der Waals surface area contributed by atoms with E-state index in [0.29, 0.717) is 16.7 Å². The fraction of sp³-hybridized carbons (Fsp3) is 0.207. The molecule has 3 heterocycles. The molecule has 0 aliphatic carbocycles. The topological polar surface area (TPSA) is 70.4 Å². The van der Waals surface area contributed by atoms with Gasteiger partial charge in [-0.05, 0) is 85.7 Å². The highest BCUT2D eigenvalue weighted by Gasteiger charge is 2.41. The van der Waals surface area contributed by atoms with Crippen LogP contribution in [0.5, 0.6) is 0 Å². The summed E-state index contributed by atoms with van der Waals surface area (Å²) in [5.74, 6) is 1.38. The van der Waals surface area contributed by atoms with Crippen molar-refractivity contribution in [1.29, 1.82) is 0 Å². The molecule has 1 aliphatic rings. The van der Waals surface area contributed by atoms with E-state index in [1.54, 1.807) is 6.20 Å². The third-order valence-electron chi connectivity index (χ3n) is 6.46. The second-order valence-corrected chi connectivity index (χ2v) is 9.97. The lowest BCUT2D eigenvalue weighted by molar-refractivity contribution is -0.116. The van der Waals surface area contributed by atoms with Crippen molar-refractivity contribution in [3.8, 4) is 11.3 Å². The zero-order valence-corrected chi connectivity index (χ0v) is 22.1. The first-order valence-corrected chi connectivity index (χ1v) is 12.9. The summed E-state index contributed by atoms with van der Waals surface area (Å²) in [7, 11) is 0. The van der Waals surface area contributed by atoms with Gasteiger partial charge in [0.2, 0.25) is 5.91 Å². The molecule has 0 unspecified atom stereocenters. The zero-order chi connectivity index (χ0) is 25.9. The molecule has 1 amide bonds. The van der Waals surface area contributed by atoms with Crippen molar-refractivity contribution in [2.45, 2.75) is 32.4 Å². The lowest BCUT2D eigenvalue weighted by Crippen LogP contribution is -2.32. The van der Waals surface area contributed by atoms with Gasteiger partial charge in [0.05, 0.1) is 11.7 Å². The Balaban J connectivity index is 1.41. The van der Waals surface area contributed by atoms with Crippen LogP contribution < -0.4 is 10.6 Å². The van der Waals surface area contributed by atoms with Crippen LogP contribution in [0.3, 0.4) is 0 Å². The van der Waals surface area contributed by atoms with Gasteiger partial charge in [0, 0.05) is 35.4 Å². The van der Waals surface area contributed by atoms with Gasteiger partial charge < -0.3 is 20.0 Å². The third-order valence-corrected chi connectivity index (χ3v) is 7.05. The first-order valence-electron chi connectivity index (χ1n) is 12.1. The van der Waals surface area contributed by atoms with Crippen molar-refractivity contribution >= 4 is 40.5 Å². The molecule has 37 heavy (non-hydrogen) atoms. The number of benzene rings is 2. The van der Waals surface area contributed by atoms with Crippen LogP contribution in [0.2, 0.25) is 5.02 Å². The number of hydrogen-bond donors (Lipinski definition) is 2. The minimum atomic E-state index is -0.276. The first-order chi connectivity index (χ1) is 17.9. The minimum Gasteiger partial charge on any atom is -0.459 e. The first kappa shape index (κ1) is 25.0. The van der Waals surface area contributed by atoms with Crippen molar-refractivity contribution in [3.05, 3.63) is 107 Å². The molecule has 188 valence electrons.